The van der Waals surface area contributed by atoms with Gasteiger partial charge in [-0.15, -0.1) is 0 Å². The normalized spacial score (nSPS) is 19.8. The standard InChI is InChI=1S/C15H14ClN3O2S/c1-3-12-14(21)19(10-6-4-9(16)5-7-10)15(22-12)11(8-17)13(20)18-2/h4-7,12H,3H2,1-2H3,(H,18,20)/b15-11-/t12-/m0/s1. The third kappa shape index (κ3) is 2.96. The first-order valence-corrected chi connectivity index (χ1v) is 7.91. The third-order valence-corrected chi connectivity index (χ3v) is 4.87. The molecule has 0 saturated carbocycles. The highest BCUT2D eigenvalue weighted by Crippen LogP contribution is 2.41. The molecular weight excluding hydrogens is 322 g/mol. The Morgan fingerprint density at radius 3 is 2.59 bits per heavy atom. The third-order valence-electron chi connectivity index (χ3n) is 3.19. The maximum Gasteiger partial charge on any atom is 0.264 e. The number of nitriles is 1. The molecule has 2 rings (SSSR count). The second-order valence-electron chi connectivity index (χ2n) is 4.54. The van der Waals surface area contributed by atoms with Gasteiger partial charge >= 0.3 is 0 Å². The molecule has 1 aliphatic heterocycles. The molecule has 1 N–H and O–H groups in total. The van der Waals surface area contributed by atoms with Crippen molar-refractivity contribution in [2.45, 2.75) is 18.6 Å². The van der Waals surface area contributed by atoms with Gasteiger partial charge in [-0.1, -0.05) is 30.3 Å². The number of amides is 2. The molecule has 22 heavy (non-hydrogen) atoms. The highest BCUT2D eigenvalue weighted by Gasteiger charge is 2.39. The van der Waals surface area contributed by atoms with Crippen molar-refractivity contribution < 1.29 is 9.59 Å². The minimum Gasteiger partial charge on any atom is -0.354 e. The largest absolute Gasteiger partial charge is 0.354 e. The molecule has 5 nitrogen and oxygen atoms in total. The number of rotatable bonds is 3. The summed E-state index contributed by atoms with van der Waals surface area (Å²) in [4.78, 5) is 25.9. The highest BCUT2D eigenvalue weighted by atomic mass is 35.5. The number of anilines is 1. The van der Waals surface area contributed by atoms with Crippen molar-refractivity contribution in [1.29, 1.82) is 5.26 Å². The zero-order valence-electron chi connectivity index (χ0n) is 12.1. The Morgan fingerprint density at radius 1 is 1.45 bits per heavy atom. The summed E-state index contributed by atoms with van der Waals surface area (Å²) in [6.45, 7) is 1.89. The van der Waals surface area contributed by atoms with Gasteiger partial charge in [-0.2, -0.15) is 5.26 Å². The van der Waals surface area contributed by atoms with E-state index in [4.69, 9.17) is 11.6 Å². The van der Waals surface area contributed by atoms with E-state index < -0.39 is 5.91 Å². The Kier molecular flexibility index (Phi) is 5.11. The van der Waals surface area contributed by atoms with E-state index in [2.05, 4.69) is 5.32 Å². The molecule has 0 bridgehead atoms. The summed E-state index contributed by atoms with van der Waals surface area (Å²) in [5.74, 6) is -0.644. The molecule has 2 amide bonds. The van der Waals surface area contributed by atoms with Gasteiger partial charge in [0.2, 0.25) is 5.91 Å². The van der Waals surface area contributed by atoms with Gasteiger partial charge in [-0.25, -0.2) is 0 Å². The van der Waals surface area contributed by atoms with Crippen LogP contribution in [0.15, 0.2) is 34.9 Å². The van der Waals surface area contributed by atoms with Gasteiger partial charge in [0.05, 0.1) is 5.25 Å². The van der Waals surface area contributed by atoms with Crippen molar-refractivity contribution in [2.75, 3.05) is 11.9 Å². The molecule has 1 aromatic carbocycles. The predicted molar refractivity (Wildman–Crippen MR) is 87.3 cm³/mol. The summed E-state index contributed by atoms with van der Waals surface area (Å²) in [7, 11) is 1.45. The maximum atomic E-state index is 12.6. The second kappa shape index (κ2) is 6.86. The average molecular weight is 336 g/mol. The topological polar surface area (TPSA) is 73.2 Å². The van der Waals surface area contributed by atoms with Crippen molar-refractivity contribution >= 4 is 40.9 Å². The number of nitrogens with one attached hydrogen (secondary N) is 1. The Hall–Kier alpha value is -1.97. The Balaban J connectivity index is 2.57. The van der Waals surface area contributed by atoms with E-state index in [0.29, 0.717) is 22.2 Å². The van der Waals surface area contributed by atoms with Crippen LogP contribution in [0.5, 0.6) is 0 Å². The molecule has 1 aromatic rings. The number of benzene rings is 1. The molecule has 0 aliphatic carbocycles. The lowest BCUT2D eigenvalue weighted by Crippen LogP contribution is -2.30. The Labute approximate surface area is 137 Å². The van der Waals surface area contributed by atoms with Gasteiger partial charge in [0.1, 0.15) is 16.7 Å². The van der Waals surface area contributed by atoms with Gasteiger partial charge in [0.25, 0.3) is 5.91 Å². The lowest BCUT2D eigenvalue weighted by atomic mass is 10.2. The van der Waals surface area contributed by atoms with Crippen LogP contribution < -0.4 is 10.2 Å². The fourth-order valence-corrected chi connectivity index (χ4v) is 3.39. The minimum atomic E-state index is -0.506. The van der Waals surface area contributed by atoms with Crippen LogP contribution >= 0.6 is 23.4 Å². The quantitative estimate of drug-likeness (QED) is 0.681. The lowest BCUT2D eigenvalue weighted by molar-refractivity contribution is -0.117. The Bertz CT molecular complexity index is 679. The summed E-state index contributed by atoms with van der Waals surface area (Å²) in [6.07, 6.45) is 0.615. The summed E-state index contributed by atoms with van der Waals surface area (Å²) >= 11 is 7.11. The molecule has 1 heterocycles. The van der Waals surface area contributed by atoms with E-state index in [9.17, 15) is 14.9 Å². The van der Waals surface area contributed by atoms with E-state index in [1.165, 1.54) is 23.7 Å². The summed E-state index contributed by atoms with van der Waals surface area (Å²) in [6, 6.07) is 8.61. The molecule has 1 fully saturated rings. The van der Waals surface area contributed by atoms with Crippen molar-refractivity contribution in [3.05, 3.63) is 39.9 Å². The van der Waals surface area contributed by atoms with Crippen LogP contribution in [0.25, 0.3) is 0 Å². The van der Waals surface area contributed by atoms with Crippen LogP contribution in [-0.2, 0) is 9.59 Å². The van der Waals surface area contributed by atoms with Crippen molar-refractivity contribution in [3.8, 4) is 6.07 Å². The van der Waals surface area contributed by atoms with Crippen LogP contribution in [0.1, 0.15) is 13.3 Å². The predicted octanol–water partition coefficient (Wildman–Crippen LogP) is 2.68. The highest BCUT2D eigenvalue weighted by molar-refractivity contribution is 8.05. The molecule has 0 aromatic heterocycles. The zero-order valence-corrected chi connectivity index (χ0v) is 13.7. The monoisotopic (exact) mass is 335 g/mol. The molecule has 1 aliphatic rings. The SMILES string of the molecule is CC[C@@H]1S/C(=C(/C#N)C(=O)NC)N(c2ccc(Cl)cc2)C1=O. The number of halogens is 1. The average Bonchev–Trinajstić information content (AvgIpc) is 2.85. The first kappa shape index (κ1) is 16.4. The van der Waals surface area contributed by atoms with Crippen LogP contribution in [0.2, 0.25) is 5.02 Å². The molecule has 0 unspecified atom stereocenters. The van der Waals surface area contributed by atoms with Gasteiger partial charge in [0.15, 0.2) is 0 Å². The molecule has 1 atom stereocenters. The van der Waals surface area contributed by atoms with Crippen LogP contribution in [-0.4, -0.2) is 24.1 Å². The Morgan fingerprint density at radius 2 is 2.09 bits per heavy atom. The maximum absolute atomic E-state index is 12.6. The molecule has 0 spiro atoms. The molecule has 1 saturated heterocycles. The number of thioether (sulfide) groups is 1. The number of hydrogen-bond acceptors (Lipinski definition) is 4. The first-order chi connectivity index (χ1) is 10.5. The van der Waals surface area contributed by atoms with Crippen LogP contribution in [0, 0.1) is 11.3 Å². The van der Waals surface area contributed by atoms with E-state index in [0.717, 1.165) is 0 Å². The van der Waals surface area contributed by atoms with Crippen molar-refractivity contribution in [3.63, 3.8) is 0 Å². The minimum absolute atomic E-state index is 0.0632. The number of carbonyl (C=O) groups is 2. The summed E-state index contributed by atoms with van der Waals surface area (Å²) in [5, 5.41) is 12.3. The van der Waals surface area contributed by atoms with Crippen molar-refractivity contribution in [2.24, 2.45) is 0 Å². The molecule has 7 heteroatoms. The number of carbonyl (C=O) groups excluding carboxylic acids is 2. The van der Waals surface area contributed by atoms with Crippen LogP contribution in [0.4, 0.5) is 5.69 Å². The summed E-state index contributed by atoms with van der Waals surface area (Å²) in [5.41, 5.74) is 0.524. The number of nitrogens with zero attached hydrogens (tertiary/aromatic N) is 2. The summed E-state index contributed by atoms with van der Waals surface area (Å²) < 4.78 is 0. The molecule has 114 valence electrons. The smallest absolute Gasteiger partial charge is 0.264 e. The van der Waals surface area contributed by atoms with E-state index in [1.807, 2.05) is 13.0 Å². The fourth-order valence-electron chi connectivity index (χ4n) is 2.07. The van der Waals surface area contributed by atoms with Gasteiger partial charge in [0, 0.05) is 17.8 Å². The van der Waals surface area contributed by atoms with Gasteiger partial charge in [-0.3, -0.25) is 14.5 Å². The van der Waals surface area contributed by atoms with E-state index >= 15 is 0 Å². The molecular formula is C15H14ClN3O2S. The molecule has 0 radical (unpaired) electrons. The number of likely N-dealkylation sites (N-methyl/N-ethyl adjacent to an activating group) is 1. The lowest BCUT2D eigenvalue weighted by Gasteiger charge is -2.18. The fraction of sp³-hybridized carbons (Fsp3) is 0.267. The van der Waals surface area contributed by atoms with Crippen LogP contribution in [0.3, 0.4) is 0 Å². The van der Waals surface area contributed by atoms with Crippen molar-refractivity contribution in [1.82, 2.24) is 5.32 Å². The number of hydrogen-bond donors (Lipinski definition) is 1. The van der Waals surface area contributed by atoms with E-state index in [-0.39, 0.29) is 16.7 Å². The second-order valence-corrected chi connectivity index (χ2v) is 6.16. The van der Waals surface area contributed by atoms with Gasteiger partial charge in [-0.05, 0) is 30.7 Å². The van der Waals surface area contributed by atoms with E-state index in [1.54, 1.807) is 24.3 Å². The zero-order chi connectivity index (χ0) is 16.3. The first-order valence-electron chi connectivity index (χ1n) is 6.66. The van der Waals surface area contributed by atoms with Gasteiger partial charge < -0.3 is 5.32 Å².